The van der Waals surface area contributed by atoms with E-state index >= 15 is 0 Å². The summed E-state index contributed by atoms with van der Waals surface area (Å²) in [5.41, 5.74) is 1.19. The number of carboxylic acid groups (broad SMARTS) is 1. The average Bonchev–Trinajstić information content (AvgIpc) is 2.68. The second kappa shape index (κ2) is 11.1. The number of aromatic hydroxyl groups is 1. The number of unbranched alkanes of at least 4 members (excludes halogenated alkanes) is 1. The predicted molar refractivity (Wildman–Crippen MR) is 112 cm³/mol. The quantitative estimate of drug-likeness (QED) is 0.345. The minimum absolute atomic E-state index is 0.0577. The maximum absolute atomic E-state index is 12.3. The van der Waals surface area contributed by atoms with E-state index in [1.165, 1.54) is 13.2 Å². The zero-order valence-electron chi connectivity index (χ0n) is 15.8. The number of amides is 1. The highest BCUT2D eigenvalue weighted by Gasteiger charge is 2.18. The lowest BCUT2D eigenvalue weighted by Crippen LogP contribution is -2.17. The van der Waals surface area contributed by atoms with Crippen molar-refractivity contribution in [1.29, 1.82) is 0 Å². The number of aliphatic carboxylic acids is 1. The smallest absolute Gasteiger partial charge is 0.412 e. The van der Waals surface area contributed by atoms with Crippen molar-refractivity contribution in [3.8, 4) is 11.5 Å². The molecule has 0 bridgehead atoms. The molecular weight excluding hydrogens is 442 g/mol. The van der Waals surface area contributed by atoms with E-state index in [1.54, 1.807) is 42.5 Å². The van der Waals surface area contributed by atoms with Gasteiger partial charge < -0.3 is 19.7 Å². The number of anilines is 1. The predicted octanol–water partition coefficient (Wildman–Crippen LogP) is 5.26. The van der Waals surface area contributed by atoms with Crippen molar-refractivity contribution in [1.82, 2.24) is 0 Å². The van der Waals surface area contributed by atoms with Gasteiger partial charge in [0.1, 0.15) is 6.10 Å². The molecule has 29 heavy (non-hydrogen) atoms. The maximum atomic E-state index is 12.3. The van der Waals surface area contributed by atoms with Crippen LogP contribution in [0.1, 0.15) is 30.9 Å². The molecule has 2 aromatic rings. The van der Waals surface area contributed by atoms with Gasteiger partial charge >= 0.3 is 12.1 Å². The molecule has 8 heteroatoms. The van der Waals surface area contributed by atoms with Gasteiger partial charge in [0.25, 0.3) is 0 Å². The van der Waals surface area contributed by atoms with Gasteiger partial charge in [0.05, 0.1) is 7.11 Å². The van der Waals surface area contributed by atoms with Gasteiger partial charge in [-0.1, -0.05) is 28.1 Å². The number of phenols is 1. The number of carboxylic acids is 1. The SMILES string of the molecule is COc1ccc([C@@H](CCC/C=C/C(=O)O)OC(=O)Nc2ccc(Br)cc2)cc1O. The third kappa shape index (κ3) is 7.50. The molecule has 3 N–H and O–H groups in total. The molecule has 0 aliphatic rings. The van der Waals surface area contributed by atoms with Crippen molar-refractivity contribution in [2.24, 2.45) is 0 Å². The monoisotopic (exact) mass is 463 g/mol. The summed E-state index contributed by atoms with van der Waals surface area (Å²) < 4.78 is 11.5. The summed E-state index contributed by atoms with van der Waals surface area (Å²) >= 11 is 3.33. The normalized spacial score (nSPS) is 11.8. The van der Waals surface area contributed by atoms with Crippen LogP contribution in [0.2, 0.25) is 0 Å². The van der Waals surface area contributed by atoms with Crippen molar-refractivity contribution in [3.05, 3.63) is 64.7 Å². The molecule has 2 rings (SSSR count). The standard InChI is InChI=1S/C21H22BrNO6/c1-28-19-12-7-14(13-17(19)24)18(5-3-2-4-6-20(25)26)29-21(27)23-16-10-8-15(22)9-11-16/h4,6-13,18,24H,2-3,5H2,1H3,(H,23,27)(H,25,26)/b6-4+/t18-/m1/s1. The number of ether oxygens (including phenoxy) is 2. The van der Waals surface area contributed by atoms with E-state index in [0.29, 0.717) is 36.3 Å². The van der Waals surface area contributed by atoms with Crippen LogP contribution in [0.3, 0.4) is 0 Å². The van der Waals surface area contributed by atoms with E-state index in [0.717, 1.165) is 10.5 Å². The third-order valence-electron chi connectivity index (χ3n) is 4.01. The lowest BCUT2D eigenvalue weighted by atomic mass is 10.0. The van der Waals surface area contributed by atoms with Crippen LogP contribution in [0.25, 0.3) is 0 Å². The molecule has 7 nitrogen and oxygen atoms in total. The minimum Gasteiger partial charge on any atom is -0.504 e. The van der Waals surface area contributed by atoms with E-state index in [-0.39, 0.29) is 5.75 Å². The number of benzene rings is 2. The molecule has 0 spiro atoms. The van der Waals surface area contributed by atoms with Crippen molar-refractivity contribution in [2.45, 2.75) is 25.4 Å². The van der Waals surface area contributed by atoms with E-state index in [4.69, 9.17) is 14.6 Å². The van der Waals surface area contributed by atoms with E-state index in [2.05, 4.69) is 21.2 Å². The molecule has 0 fully saturated rings. The second-order valence-corrected chi connectivity index (χ2v) is 7.04. The third-order valence-corrected chi connectivity index (χ3v) is 4.54. The lowest BCUT2D eigenvalue weighted by Gasteiger charge is -2.19. The number of halogens is 1. The van der Waals surface area contributed by atoms with Crippen molar-refractivity contribution in [2.75, 3.05) is 12.4 Å². The highest BCUT2D eigenvalue weighted by Crippen LogP contribution is 2.32. The molecule has 0 saturated heterocycles. The highest BCUT2D eigenvalue weighted by molar-refractivity contribution is 9.10. The lowest BCUT2D eigenvalue weighted by molar-refractivity contribution is -0.131. The first-order valence-electron chi connectivity index (χ1n) is 8.88. The van der Waals surface area contributed by atoms with Gasteiger partial charge in [-0.15, -0.1) is 0 Å². The molecule has 0 aromatic heterocycles. The number of allylic oxidation sites excluding steroid dienone is 1. The Morgan fingerprint density at radius 1 is 1.21 bits per heavy atom. The Balaban J connectivity index is 2.08. The first kappa shape index (κ1) is 22.3. The van der Waals surface area contributed by atoms with E-state index in [1.807, 2.05) is 0 Å². The van der Waals surface area contributed by atoms with Gasteiger partial charge in [0, 0.05) is 16.2 Å². The maximum Gasteiger partial charge on any atom is 0.412 e. The molecule has 0 aliphatic carbocycles. The summed E-state index contributed by atoms with van der Waals surface area (Å²) in [6, 6.07) is 11.9. The van der Waals surface area contributed by atoms with Crippen molar-refractivity contribution >= 4 is 33.7 Å². The molecule has 0 heterocycles. The Morgan fingerprint density at radius 3 is 2.55 bits per heavy atom. The molecule has 154 valence electrons. The number of hydrogen-bond acceptors (Lipinski definition) is 5. The Kier molecular flexibility index (Phi) is 8.54. The van der Waals surface area contributed by atoms with Crippen LogP contribution in [0.5, 0.6) is 11.5 Å². The largest absolute Gasteiger partial charge is 0.504 e. The van der Waals surface area contributed by atoms with Crippen LogP contribution >= 0.6 is 15.9 Å². The molecule has 0 saturated carbocycles. The number of methoxy groups -OCH3 is 1. The van der Waals surface area contributed by atoms with E-state index in [9.17, 15) is 14.7 Å². The van der Waals surface area contributed by atoms with Gasteiger partial charge in [0.15, 0.2) is 11.5 Å². The van der Waals surface area contributed by atoms with E-state index < -0.39 is 18.2 Å². The summed E-state index contributed by atoms with van der Waals surface area (Å²) in [6.45, 7) is 0. The molecular formula is C21H22BrNO6. The van der Waals surface area contributed by atoms with Gasteiger partial charge in [-0.05, 0) is 61.2 Å². The second-order valence-electron chi connectivity index (χ2n) is 6.13. The fraction of sp³-hybridized carbons (Fsp3) is 0.238. The number of carbonyl (C=O) groups is 2. The molecule has 1 amide bonds. The summed E-state index contributed by atoms with van der Waals surface area (Å²) in [5.74, 6) is -0.749. The van der Waals surface area contributed by atoms with Crippen molar-refractivity contribution < 1.29 is 29.3 Å². The van der Waals surface area contributed by atoms with Crippen LogP contribution in [0, 0.1) is 0 Å². The van der Waals surface area contributed by atoms with Crippen LogP contribution in [0.4, 0.5) is 10.5 Å². The first-order chi connectivity index (χ1) is 13.9. The average molecular weight is 464 g/mol. The Labute approximate surface area is 177 Å². The van der Waals surface area contributed by atoms with Gasteiger partial charge in [0.2, 0.25) is 0 Å². The Bertz CT molecular complexity index is 866. The summed E-state index contributed by atoms with van der Waals surface area (Å²) in [5, 5.41) is 21.4. The topological polar surface area (TPSA) is 105 Å². The van der Waals surface area contributed by atoms with Crippen LogP contribution in [0.15, 0.2) is 59.1 Å². The molecule has 0 unspecified atom stereocenters. The molecule has 1 atom stereocenters. The first-order valence-corrected chi connectivity index (χ1v) is 9.68. The highest BCUT2D eigenvalue weighted by atomic mass is 79.9. The van der Waals surface area contributed by atoms with Crippen molar-refractivity contribution in [3.63, 3.8) is 0 Å². The van der Waals surface area contributed by atoms with Crippen LogP contribution in [-0.4, -0.2) is 29.4 Å². The number of nitrogens with one attached hydrogen (secondary N) is 1. The van der Waals surface area contributed by atoms with Crippen LogP contribution in [-0.2, 0) is 9.53 Å². The zero-order chi connectivity index (χ0) is 21.2. The Morgan fingerprint density at radius 2 is 1.93 bits per heavy atom. The van der Waals surface area contributed by atoms with Gasteiger partial charge in [-0.3, -0.25) is 5.32 Å². The minimum atomic E-state index is -1.01. The fourth-order valence-electron chi connectivity index (χ4n) is 2.62. The zero-order valence-corrected chi connectivity index (χ0v) is 17.4. The number of rotatable bonds is 9. The Hall–Kier alpha value is -3.00. The molecule has 0 aliphatic heterocycles. The molecule has 2 aromatic carbocycles. The number of hydrogen-bond donors (Lipinski definition) is 3. The van der Waals surface area contributed by atoms with Crippen LogP contribution < -0.4 is 10.1 Å². The number of carbonyl (C=O) groups excluding carboxylic acids is 1. The van der Waals surface area contributed by atoms with Gasteiger partial charge in [-0.2, -0.15) is 0 Å². The molecule has 0 radical (unpaired) electrons. The summed E-state index contributed by atoms with van der Waals surface area (Å²) in [6.07, 6.45) is 2.93. The fourth-order valence-corrected chi connectivity index (χ4v) is 2.88. The number of phenolic OH excluding ortho intramolecular Hbond substituents is 1. The summed E-state index contributed by atoms with van der Waals surface area (Å²) in [7, 11) is 1.45. The summed E-state index contributed by atoms with van der Waals surface area (Å²) in [4.78, 5) is 22.9. The van der Waals surface area contributed by atoms with Gasteiger partial charge in [-0.25, -0.2) is 9.59 Å².